The Labute approximate surface area is 113 Å². The molecule has 0 fully saturated rings. The van der Waals surface area contributed by atoms with Gasteiger partial charge in [-0.05, 0) is 6.92 Å². The molecule has 0 spiro atoms. The molecule has 0 saturated carbocycles. The van der Waals surface area contributed by atoms with E-state index in [9.17, 15) is 0 Å². The topological polar surface area (TPSA) is 125 Å². The standard InChI is InChI=1S/C11H10N6OS/c1-6-16-9(18-17-6)2-3-15-11-7(4-12)10(14)8(5-13)19-11/h15H,2-3,14H2,1H3. The Hall–Kier alpha value is -2.58. The van der Waals surface area contributed by atoms with Gasteiger partial charge in [0, 0.05) is 13.0 Å². The van der Waals surface area contributed by atoms with Crippen LogP contribution >= 0.6 is 11.3 Å². The minimum Gasteiger partial charge on any atom is -0.396 e. The monoisotopic (exact) mass is 274 g/mol. The maximum Gasteiger partial charge on any atom is 0.228 e. The highest BCUT2D eigenvalue weighted by atomic mass is 32.1. The zero-order chi connectivity index (χ0) is 13.8. The van der Waals surface area contributed by atoms with Crippen LogP contribution < -0.4 is 11.1 Å². The molecule has 19 heavy (non-hydrogen) atoms. The van der Waals surface area contributed by atoms with E-state index < -0.39 is 0 Å². The minimum absolute atomic E-state index is 0.228. The number of anilines is 2. The molecule has 2 heterocycles. The van der Waals surface area contributed by atoms with E-state index in [1.54, 1.807) is 6.92 Å². The van der Waals surface area contributed by atoms with Crippen LogP contribution in [0.3, 0.4) is 0 Å². The van der Waals surface area contributed by atoms with Gasteiger partial charge >= 0.3 is 0 Å². The molecular formula is C11H10N6OS. The first kappa shape index (κ1) is 12.9. The predicted molar refractivity (Wildman–Crippen MR) is 69.4 cm³/mol. The lowest BCUT2D eigenvalue weighted by molar-refractivity contribution is 0.377. The van der Waals surface area contributed by atoms with Gasteiger partial charge in [0.05, 0.1) is 5.69 Å². The van der Waals surface area contributed by atoms with Gasteiger partial charge in [0.1, 0.15) is 27.6 Å². The van der Waals surface area contributed by atoms with E-state index in [1.165, 1.54) is 0 Å². The van der Waals surface area contributed by atoms with E-state index in [-0.39, 0.29) is 5.69 Å². The fourth-order valence-corrected chi connectivity index (χ4v) is 2.38. The van der Waals surface area contributed by atoms with Crippen LogP contribution in [0.1, 0.15) is 22.2 Å². The van der Waals surface area contributed by atoms with Crippen molar-refractivity contribution in [3.63, 3.8) is 0 Å². The van der Waals surface area contributed by atoms with Crippen LogP contribution in [0.15, 0.2) is 4.52 Å². The number of nitriles is 2. The van der Waals surface area contributed by atoms with Crippen LogP contribution in [-0.2, 0) is 6.42 Å². The molecule has 0 aromatic carbocycles. The summed E-state index contributed by atoms with van der Waals surface area (Å²) in [5, 5.41) is 25.2. The van der Waals surface area contributed by atoms with Crippen molar-refractivity contribution < 1.29 is 4.52 Å². The zero-order valence-corrected chi connectivity index (χ0v) is 10.9. The average molecular weight is 274 g/mol. The Balaban J connectivity index is 2.04. The van der Waals surface area contributed by atoms with Crippen molar-refractivity contribution in [2.75, 3.05) is 17.6 Å². The lowest BCUT2D eigenvalue weighted by Crippen LogP contribution is -2.05. The van der Waals surface area contributed by atoms with Gasteiger partial charge in [-0.15, -0.1) is 11.3 Å². The maximum atomic E-state index is 9.01. The highest BCUT2D eigenvalue weighted by Crippen LogP contribution is 2.34. The Kier molecular flexibility index (Phi) is 3.64. The number of nitrogens with two attached hydrogens (primary N) is 1. The van der Waals surface area contributed by atoms with Gasteiger partial charge in [-0.1, -0.05) is 5.16 Å². The average Bonchev–Trinajstić information content (AvgIpc) is 2.93. The molecule has 2 rings (SSSR count). The first-order valence-electron chi connectivity index (χ1n) is 5.41. The fraction of sp³-hybridized carbons (Fsp3) is 0.273. The molecule has 0 unspecified atom stereocenters. The van der Waals surface area contributed by atoms with Crippen molar-refractivity contribution in [3.05, 3.63) is 22.2 Å². The third-order valence-electron chi connectivity index (χ3n) is 2.35. The number of nitrogen functional groups attached to an aromatic ring is 1. The van der Waals surface area contributed by atoms with Gasteiger partial charge in [-0.3, -0.25) is 0 Å². The second-order valence-corrected chi connectivity index (χ2v) is 4.71. The van der Waals surface area contributed by atoms with Crippen LogP contribution in [0, 0.1) is 29.6 Å². The van der Waals surface area contributed by atoms with E-state index in [0.717, 1.165) is 11.3 Å². The molecule has 0 radical (unpaired) electrons. The summed E-state index contributed by atoms with van der Waals surface area (Å²) in [6.45, 7) is 2.26. The summed E-state index contributed by atoms with van der Waals surface area (Å²) in [4.78, 5) is 4.41. The largest absolute Gasteiger partial charge is 0.396 e. The molecule has 0 amide bonds. The number of hydrogen-bond acceptors (Lipinski definition) is 8. The lowest BCUT2D eigenvalue weighted by atomic mass is 10.2. The molecule has 0 bridgehead atoms. The summed E-state index contributed by atoms with van der Waals surface area (Å²) in [5.74, 6) is 1.10. The van der Waals surface area contributed by atoms with E-state index in [0.29, 0.717) is 40.1 Å². The van der Waals surface area contributed by atoms with Crippen LogP contribution in [0.5, 0.6) is 0 Å². The summed E-state index contributed by atoms with van der Waals surface area (Å²) in [5.41, 5.74) is 6.23. The van der Waals surface area contributed by atoms with Gasteiger partial charge in [0.25, 0.3) is 0 Å². The molecule has 2 aromatic rings. The Morgan fingerprint density at radius 1 is 1.42 bits per heavy atom. The minimum atomic E-state index is 0.228. The van der Waals surface area contributed by atoms with Crippen molar-refractivity contribution >= 4 is 22.0 Å². The third-order valence-corrected chi connectivity index (χ3v) is 3.42. The first-order chi connectivity index (χ1) is 9.15. The van der Waals surface area contributed by atoms with Gasteiger partial charge in [0.2, 0.25) is 5.89 Å². The number of nitrogens with zero attached hydrogens (tertiary/aromatic N) is 4. The van der Waals surface area contributed by atoms with Crippen molar-refractivity contribution in [1.82, 2.24) is 10.1 Å². The summed E-state index contributed by atoms with van der Waals surface area (Å²) >= 11 is 1.16. The lowest BCUT2D eigenvalue weighted by Gasteiger charge is -2.01. The highest BCUT2D eigenvalue weighted by molar-refractivity contribution is 7.17. The highest BCUT2D eigenvalue weighted by Gasteiger charge is 2.15. The molecule has 3 N–H and O–H groups in total. The number of aromatic nitrogens is 2. The van der Waals surface area contributed by atoms with E-state index in [4.69, 9.17) is 20.8 Å². The van der Waals surface area contributed by atoms with Crippen molar-refractivity contribution in [3.8, 4) is 12.1 Å². The SMILES string of the molecule is Cc1noc(CCNc2sc(C#N)c(N)c2C#N)n1. The smallest absolute Gasteiger partial charge is 0.228 e. The Morgan fingerprint density at radius 3 is 2.79 bits per heavy atom. The van der Waals surface area contributed by atoms with Gasteiger partial charge in [-0.2, -0.15) is 15.5 Å². The molecule has 8 heteroatoms. The second kappa shape index (κ2) is 5.38. The third kappa shape index (κ3) is 2.64. The molecule has 0 aliphatic rings. The van der Waals surface area contributed by atoms with Crippen LogP contribution in [0.25, 0.3) is 0 Å². The van der Waals surface area contributed by atoms with Crippen LogP contribution in [-0.4, -0.2) is 16.7 Å². The summed E-state index contributed by atoms with van der Waals surface area (Å²) in [7, 11) is 0. The van der Waals surface area contributed by atoms with Crippen LogP contribution in [0.4, 0.5) is 10.7 Å². The predicted octanol–water partition coefficient (Wildman–Crippen LogP) is 1.42. The van der Waals surface area contributed by atoms with Crippen molar-refractivity contribution in [2.45, 2.75) is 13.3 Å². The summed E-state index contributed by atoms with van der Waals surface area (Å²) < 4.78 is 4.97. The van der Waals surface area contributed by atoms with Crippen molar-refractivity contribution in [1.29, 1.82) is 10.5 Å². The Morgan fingerprint density at radius 2 is 2.21 bits per heavy atom. The molecule has 0 aliphatic carbocycles. The number of nitrogens with one attached hydrogen (secondary N) is 1. The number of rotatable bonds is 4. The van der Waals surface area contributed by atoms with Gasteiger partial charge in [-0.25, -0.2) is 0 Å². The van der Waals surface area contributed by atoms with Gasteiger partial charge in [0.15, 0.2) is 5.82 Å². The van der Waals surface area contributed by atoms with Crippen LogP contribution in [0.2, 0.25) is 0 Å². The molecule has 96 valence electrons. The summed E-state index contributed by atoms with van der Waals surface area (Å²) in [6.07, 6.45) is 0.533. The second-order valence-electron chi connectivity index (χ2n) is 3.68. The van der Waals surface area contributed by atoms with E-state index >= 15 is 0 Å². The summed E-state index contributed by atoms with van der Waals surface area (Å²) in [6, 6.07) is 3.96. The molecule has 0 atom stereocenters. The molecule has 7 nitrogen and oxygen atoms in total. The molecular weight excluding hydrogens is 264 g/mol. The normalized spacial score (nSPS) is 9.84. The van der Waals surface area contributed by atoms with E-state index in [2.05, 4.69) is 15.5 Å². The first-order valence-corrected chi connectivity index (χ1v) is 6.23. The quantitative estimate of drug-likeness (QED) is 0.863. The molecule has 0 saturated heterocycles. The zero-order valence-electron chi connectivity index (χ0n) is 10.1. The number of thiophene rings is 1. The van der Waals surface area contributed by atoms with E-state index in [1.807, 2.05) is 12.1 Å². The number of aryl methyl sites for hydroxylation is 1. The van der Waals surface area contributed by atoms with Crippen molar-refractivity contribution in [2.24, 2.45) is 0 Å². The molecule has 0 aliphatic heterocycles. The Bertz CT molecular complexity index is 674. The van der Waals surface area contributed by atoms with Gasteiger partial charge < -0.3 is 15.6 Å². The fourth-order valence-electron chi connectivity index (χ4n) is 1.49. The number of hydrogen-bond donors (Lipinski definition) is 2. The molecule has 2 aromatic heterocycles. The maximum absolute atomic E-state index is 9.01.